The molecule has 1 heterocycles. The first kappa shape index (κ1) is 16.3. The molecule has 4 heteroatoms. The number of likely N-dealkylation sites (tertiary alicyclic amines) is 1. The molecule has 0 radical (unpaired) electrons. The summed E-state index contributed by atoms with van der Waals surface area (Å²) in [7, 11) is 1.70. The number of ether oxygens (including phenoxy) is 1. The van der Waals surface area contributed by atoms with Gasteiger partial charge in [-0.3, -0.25) is 4.90 Å². The Hall–Kier alpha value is -1.10. The van der Waals surface area contributed by atoms with Crippen molar-refractivity contribution < 1.29 is 9.84 Å². The van der Waals surface area contributed by atoms with E-state index in [0.717, 1.165) is 37.2 Å². The summed E-state index contributed by atoms with van der Waals surface area (Å²) in [4.78, 5) is 2.41. The van der Waals surface area contributed by atoms with Crippen LogP contribution in [-0.2, 0) is 0 Å². The highest BCUT2D eigenvalue weighted by Crippen LogP contribution is 2.36. The van der Waals surface area contributed by atoms with Crippen LogP contribution >= 0.6 is 0 Å². The first-order valence-electron chi connectivity index (χ1n) is 7.89. The van der Waals surface area contributed by atoms with Crippen molar-refractivity contribution in [3.8, 4) is 5.75 Å². The van der Waals surface area contributed by atoms with E-state index >= 15 is 0 Å². The Bertz CT molecular complexity index is 450. The summed E-state index contributed by atoms with van der Waals surface area (Å²) in [5, 5.41) is 9.84. The van der Waals surface area contributed by atoms with E-state index in [1.54, 1.807) is 7.11 Å². The molecule has 21 heavy (non-hydrogen) atoms. The molecule has 1 fully saturated rings. The normalized spacial score (nSPS) is 23.8. The number of hydrogen-bond acceptors (Lipinski definition) is 4. The zero-order valence-corrected chi connectivity index (χ0v) is 13.3. The van der Waals surface area contributed by atoms with Crippen molar-refractivity contribution in [2.75, 3.05) is 20.2 Å². The zero-order chi connectivity index (χ0) is 15.4. The van der Waals surface area contributed by atoms with Crippen LogP contribution in [0.15, 0.2) is 24.3 Å². The van der Waals surface area contributed by atoms with Gasteiger partial charge in [-0.15, -0.1) is 0 Å². The third kappa shape index (κ3) is 3.57. The molecule has 0 saturated carbocycles. The Morgan fingerprint density at radius 1 is 1.43 bits per heavy atom. The van der Waals surface area contributed by atoms with Crippen molar-refractivity contribution in [2.24, 2.45) is 11.7 Å². The predicted molar refractivity (Wildman–Crippen MR) is 85.4 cm³/mol. The predicted octanol–water partition coefficient (Wildman–Crippen LogP) is 2.18. The number of methoxy groups -OCH3 is 1. The first-order chi connectivity index (χ1) is 10.1. The summed E-state index contributed by atoms with van der Waals surface area (Å²) in [6.07, 6.45) is 1.68. The van der Waals surface area contributed by atoms with Gasteiger partial charge < -0.3 is 15.6 Å². The molecule has 1 aromatic rings. The van der Waals surface area contributed by atoms with Gasteiger partial charge in [-0.05, 0) is 38.3 Å². The van der Waals surface area contributed by atoms with E-state index in [1.165, 1.54) is 0 Å². The molecule has 1 aliphatic rings. The lowest BCUT2D eigenvalue weighted by Crippen LogP contribution is -2.40. The van der Waals surface area contributed by atoms with Crippen molar-refractivity contribution in [3.63, 3.8) is 0 Å². The number of aliphatic hydroxyl groups is 1. The zero-order valence-electron chi connectivity index (χ0n) is 13.3. The molecule has 4 unspecified atom stereocenters. The van der Waals surface area contributed by atoms with Gasteiger partial charge >= 0.3 is 0 Å². The number of benzene rings is 1. The summed E-state index contributed by atoms with van der Waals surface area (Å²) in [6, 6.07) is 8.33. The van der Waals surface area contributed by atoms with Gasteiger partial charge in [-0.2, -0.15) is 0 Å². The van der Waals surface area contributed by atoms with Crippen LogP contribution in [0.4, 0.5) is 0 Å². The van der Waals surface area contributed by atoms with Gasteiger partial charge in [0.25, 0.3) is 0 Å². The molecule has 2 rings (SSSR count). The molecule has 4 atom stereocenters. The average Bonchev–Trinajstić information content (AvgIpc) is 2.97. The quantitative estimate of drug-likeness (QED) is 0.844. The van der Waals surface area contributed by atoms with Crippen LogP contribution in [0.1, 0.15) is 38.3 Å². The smallest absolute Gasteiger partial charge is 0.123 e. The molecule has 3 N–H and O–H groups in total. The van der Waals surface area contributed by atoms with Crippen molar-refractivity contribution in [2.45, 2.75) is 44.9 Å². The number of nitrogens with two attached hydrogens (primary N) is 1. The SMILES string of the molecule is CCC(N)C(c1ccccc1OC)N1CCC(C(C)O)C1. The van der Waals surface area contributed by atoms with Gasteiger partial charge in [0.15, 0.2) is 0 Å². The number of para-hydroxylation sites is 1. The topological polar surface area (TPSA) is 58.7 Å². The molecule has 1 aromatic carbocycles. The van der Waals surface area contributed by atoms with E-state index in [0.29, 0.717) is 5.92 Å². The molecule has 0 amide bonds. The standard InChI is InChI=1S/C17H28N2O2/c1-4-15(18)17(14-7-5-6-8-16(14)21-3)19-10-9-13(11-19)12(2)20/h5-8,12-13,15,17,20H,4,9-11,18H2,1-3H3. The maximum absolute atomic E-state index is 9.84. The molecule has 1 saturated heterocycles. The van der Waals surface area contributed by atoms with Gasteiger partial charge in [0.05, 0.1) is 19.3 Å². The van der Waals surface area contributed by atoms with Crippen LogP contribution in [0.25, 0.3) is 0 Å². The summed E-state index contributed by atoms with van der Waals surface area (Å²) in [5.41, 5.74) is 7.57. The second-order valence-electron chi connectivity index (χ2n) is 6.04. The minimum absolute atomic E-state index is 0.0639. The summed E-state index contributed by atoms with van der Waals surface area (Å²) in [6.45, 7) is 5.88. The third-order valence-electron chi connectivity index (χ3n) is 4.67. The van der Waals surface area contributed by atoms with Gasteiger partial charge in [0.1, 0.15) is 5.75 Å². The average molecular weight is 292 g/mol. The highest BCUT2D eigenvalue weighted by molar-refractivity contribution is 5.37. The molecule has 0 bridgehead atoms. The maximum Gasteiger partial charge on any atom is 0.123 e. The van der Waals surface area contributed by atoms with Crippen LogP contribution in [-0.4, -0.2) is 42.4 Å². The minimum Gasteiger partial charge on any atom is -0.496 e. The molecular weight excluding hydrogens is 264 g/mol. The molecule has 1 aliphatic heterocycles. The third-order valence-corrected chi connectivity index (χ3v) is 4.67. The monoisotopic (exact) mass is 292 g/mol. The van der Waals surface area contributed by atoms with Crippen LogP contribution < -0.4 is 10.5 Å². The molecule has 4 nitrogen and oxygen atoms in total. The van der Waals surface area contributed by atoms with Gasteiger partial charge in [0.2, 0.25) is 0 Å². The van der Waals surface area contributed by atoms with E-state index in [4.69, 9.17) is 10.5 Å². The maximum atomic E-state index is 9.84. The lowest BCUT2D eigenvalue weighted by atomic mass is 9.95. The van der Waals surface area contributed by atoms with Crippen LogP contribution in [0.5, 0.6) is 5.75 Å². The Balaban J connectivity index is 2.27. The van der Waals surface area contributed by atoms with Gasteiger partial charge in [-0.25, -0.2) is 0 Å². The highest BCUT2D eigenvalue weighted by atomic mass is 16.5. The van der Waals surface area contributed by atoms with Crippen LogP contribution in [0, 0.1) is 5.92 Å². The van der Waals surface area contributed by atoms with Crippen molar-refractivity contribution >= 4 is 0 Å². The molecule has 0 spiro atoms. The number of nitrogens with zero attached hydrogens (tertiary/aromatic N) is 1. The fraction of sp³-hybridized carbons (Fsp3) is 0.647. The fourth-order valence-corrected chi connectivity index (χ4v) is 3.29. The van der Waals surface area contributed by atoms with E-state index in [-0.39, 0.29) is 18.2 Å². The number of aliphatic hydroxyl groups excluding tert-OH is 1. The van der Waals surface area contributed by atoms with Crippen molar-refractivity contribution in [3.05, 3.63) is 29.8 Å². The molecule has 0 aliphatic carbocycles. The van der Waals surface area contributed by atoms with Crippen molar-refractivity contribution in [1.29, 1.82) is 0 Å². The lowest BCUT2D eigenvalue weighted by Gasteiger charge is -2.33. The van der Waals surface area contributed by atoms with E-state index in [1.807, 2.05) is 25.1 Å². The van der Waals surface area contributed by atoms with Gasteiger partial charge in [0, 0.05) is 18.2 Å². The minimum atomic E-state index is -0.258. The van der Waals surface area contributed by atoms with Crippen LogP contribution in [0.2, 0.25) is 0 Å². The van der Waals surface area contributed by atoms with E-state index in [9.17, 15) is 5.11 Å². The summed E-state index contributed by atoms with van der Waals surface area (Å²) < 4.78 is 5.52. The Kier molecular flexibility index (Phi) is 5.62. The Morgan fingerprint density at radius 3 is 2.71 bits per heavy atom. The molecular formula is C17H28N2O2. The second kappa shape index (κ2) is 7.25. The largest absolute Gasteiger partial charge is 0.496 e. The van der Waals surface area contributed by atoms with Gasteiger partial charge in [-0.1, -0.05) is 25.1 Å². The van der Waals surface area contributed by atoms with Crippen LogP contribution in [0.3, 0.4) is 0 Å². The molecule has 0 aromatic heterocycles. The first-order valence-corrected chi connectivity index (χ1v) is 7.89. The molecule has 118 valence electrons. The Labute approximate surface area is 127 Å². The lowest BCUT2D eigenvalue weighted by molar-refractivity contribution is 0.117. The number of hydrogen-bond donors (Lipinski definition) is 2. The summed E-state index contributed by atoms with van der Waals surface area (Å²) in [5.74, 6) is 1.23. The fourth-order valence-electron chi connectivity index (χ4n) is 3.29. The van der Waals surface area contributed by atoms with E-state index < -0.39 is 0 Å². The Morgan fingerprint density at radius 2 is 2.14 bits per heavy atom. The number of rotatable bonds is 6. The second-order valence-corrected chi connectivity index (χ2v) is 6.04. The highest BCUT2D eigenvalue weighted by Gasteiger charge is 2.34. The van der Waals surface area contributed by atoms with E-state index in [2.05, 4.69) is 17.9 Å². The summed E-state index contributed by atoms with van der Waals surface area (Å²) >= 11 is 0. The van der Waals surface area contributed by atoms with Crippen molar-refractivity contribution in [1.82, 2.24) is 4.90 Å².